The highest BCUT2D eigenvalue weighted by Gasteiger charge is 2.29. The molecule has 99 heavy (non-hydrogen) atoms. The van der Waals surface area contributed by atoms with E-state index in [0.29, 0.717) is 19.3 Å². The third kappa shape index (κ3) is 74.2. The number of unbranched alkanes of at least 4 members (excludes halogenated alkanes) is 21. The first-order valence-electron chi connectivity index (χ1n) is 37.8. The number of esters is 3. The van der Waals surface area contributed by atoms with E-state index in [1.807, 2.05) is 0 Å². The SMILES string of the molecule is CC/C=C\C/C=C\C/C=C\C/C=C\C/C=C\CCCCCCCCCC(=O)OCC(O)COP(=O)(O)OCC(O)COP(=O)(O)OCC(COC(=O)CCCCCCCCC/C=C\C/C=C\C/C=C\C/C=C\C/C=C\CC)OC(=O)CCCCCCCCC/C=C\C/C=C\C/C=C\CC. The molecule has 5 atom stereocenters. The van der Waals surface area contributed by atoms with E-state index in [1.165, 1.54) is 0 Å². The van der Waals surface area contributed by atoms with Crippen LogP contribution in [0.25, 0.3) is 0 Å². The first-order valence-corrected chi connectivity index (χ1v) is 40.8. The Morgan fingerprint density at radius 1 is 0.283 bits per heavy atom. The average molecular weight is 1430 g/mol. The van der Waals surface area contributed by atoms with Crippen molar-refractivity contribution in [3.8, 4) is 0 Å². The molecule has 0 aliphatic rings. The topological polar surface area (TPSA) is 231 Å². The number of phosphoric acid groups is 2. The zero-order valence-electron chi connectivity index (χ0n) is 61.4. The Labute approximate surface area is 600 Å². The molecule has 0 radical (unpaired) electrons. The Kier molecular flexibility index (Phi) is 69.4. The van der Waals surface area contributed by atoms with E-state index < -0.39 is 91.5 Å². The minimum absolute atomic E-state index is 0.0852. The summed E-state index contributed by atoms with van der Waals surface area (Å²) in [6, 6.07) is 0. The molecule has 5 unspecified atom stereocenters. The Hall–Kier alpha value is -4.83. The van der Waals surface area contributed by atoms with Crippen molar-refractivity contribution >= 4 is 33.6 Å². The monoisotopic (exact) mass is 1420 g/mol. The highest BCUT2D eigenvalue weighted by atomic mass is 31.2. The Balaban J connectivity index is 4.70. The molecule has 16 nitrogen and oxygen atoms in total. The van der Waals surface area contributed by atoms with Crippen LogP contribution in [-0.2, 0) is 55.8 Å². The second-order valence-electron chi connectivity index (χ2n) is 24.7. The first-order chi connectivity index (χ1) is 48.2. The van der Waals surface area contributed by atoms with Crippen LogP contribution in [-0.4, -0.2) is 95.9 Å². The van der Waals surface area contributed by atoms with Crippen LogP contribution in [0.2, 0.25) is 0 Å². The number of rotatable bonds is 70. The van der Waals surface area contributed by atoms with Gasteiger partial charge in [0.2, 0.25) is 0 Å². The van der Waals surface area contributed by atoms with Gasteiger partial charge in [-0.1, -0.05) is 275 Å². The summed E-state index contributed by atoms with van der Waals surface area (Å²) >= 11 is 0. The molecule has 564 valence electrons. The van der Waals surface area contributed by atoms with Gasteiger partial charge in [0.05, 0.1) is 26.4 Å². The molecule has 0 aromatic heterocycles. The lowest BCUT2D eigenvalue weighted by Gasteiger charge is -2.21. The molecule has 0 aliphatic heterocycles. The van der Waals surface area contributed by atoms with Crippen LogP contribution >= 0.6 is 15.6 Å². The van der Waals surface area contributed by atoms with Crippen molar-refractivity contribution in [2.24, 2.45) is 0 Å². The number of aliphatic hydroxyl groups excluding tert-OH is 2. The van der Waals surface area contributed by atoms with E-state index in [0.717, 1.165) is 218 Å². The number of hydrogen-bond acceptors (Lipinski definition) is 14. The van der Waals surface area contributed by atoms with Gasteiger partial charge in [-0.15, -0.1) is 0 Å². The summed E-state index contributed by atoms with van der Waals surface area (Å²) in [4.78, 5) is 58.6. The first kappa shape index (κ1) is 94.2. The molecule has 0 spiro atoms. The minimum Gasteiger partial charge on any atom is -0.463 e. The predicted octanol–water partition coefficient (Wildman–Crippen LogP) is 21.9. The zero-order valence-corrected chi connectivity index (χ0v) is 63.1. The maximum absolute atomic E-state index is 13.0. The molecular weight excluding hydrogens is 1290 g/mol. The number of phosphoric ester groups is 2. The van der Waals surface area contributed by atoms with Crippen molar-refractivity contribution in [1.29, 1.82) is 0 Å². The van der Waals surface area contributed by atoms with Crippen LogP contribution < -0.4 is 0 Å². The van der Waals surface area contributed by atoms with Crippen molar-refractivity contribution in [2.75, 3.05) is 39.6 Å². The van der Waals surface area contributed by atoms with Crippen LogP contribution in [0.5, 0.6) is 0 Å². The van der Waals surface area contributed by atoms with Crippen LogP contribution in [0.3, 0.4) is 0 Å². The molecular formula is C81H134O16P2. The van der Waals surface area contributed by atoms with Crippen LogP contribution in [0.1, 0.15) is 278 Å². The third-order valence-electron chi connectivity index (χ3n) is 15.2. The lowest BCUT2D eigenvalue weighted by Crippen LogP contribution is -2.30. The molecule has 0 bridgehead atoms. The van der Waals surface area contributed by atoms with E-state index in [2.05, 4.69) is 179 Å². The Morgan fingerprint density at radius 3 is 0.798 bits per heavy atom. The Bertz CT molecular complexity index is 2430. The van der Waals surface area contributed by atoms with E-state index >= 15 is 0 Å². The second-order valence-corrected chi connectivity index (χ2v) is 27.6. The maximum Gasteiger partial charge on any atom is 0.472 e. The minimum atomic E-state index is -4.94. The molecule has 18 heteroatoms. The number of carbonyl (C=O) groups excluding carboxylic acids is 3. The predicted molar refractivity (Wildman–Crippen MR) is 408 cm³/mol. The number of aliphatic hydroxyl groups is 2. The molecule has 0 fully saturated rings. The van der Waals surface area contributed by atoms with Crippen LogP contribution in [0.4, 0.5) is 0 Å². The van der Waals surface area contributed by atoms with Crippen LogP contribution in [0, 0.1) is 0 Å². The van der Waals surface area contributed by atoms with Gasteiger partial charge < -0.3 is 34.2 Å². The molecule has 4 N–H and O–H groups in total. The number of ether oxygens (including phenoxy) is 3. The van der Waals surface area contributed by atoms with Crippen LogP contribution in [0.15, 0.2) is 158 Å². The van der Waals surface area contributed by atoms with Gasteiger partial charge in [-0.05, 0) is 141 Å². The van der Waals surface area contributed by atoms with Crippen molar-refractivity contribution in [2.45, 2.75) is 296 Å². The number of allylic oxidation sites excluding steroid dienone is 26. The molecule has 0 aromatic carbocycles. The van der Waals surface area contributed by atoms with Gasteiger partial charge in [0.15, 0.2) is 6.10 Å². The average Bonchev–Trinajstić information content (AvgIpc) is 2.19. The van der Waals surface area contributed by atoms with Crippen molar-refractivity contribution in [1.82, 2.24) is 0 Å². The third-order valence-corrected chi connectivity index (χ3v) is 17.1. The summed E-state index contributed by atoms with van der Waals surface area (Å²) in [5.74, 6) is -1.61. The maximum atomic E-state index is 13.0. The standard InChI is InChI=1S/C81H134O16P2/c1-4-7-10-13-16-19-22-25-28-31-33-35-37-39-41-44-46-49-52-55-58-61-64-67-79(84)91-70-76(82)71-93-98(87,88)94-72-77(83)73-95-99(89,90)96-75-78(97-81(86)69-66-63-60-57-54-51-48-43-30-27-24-21-18-15-12-9-6-3)74-92-80(85)68-65-62-59-56-53-50-47-45-42-40-38-36-34-32-29-26-23-20-17-14-11-8-5-2/h7-12,16-21,25-30,33-36,39-42,76-78,82-83H,4-6,13-15,22-24,31-32,37-38,43-75H2,1-3H3,(H,87,88)(H,89,90)/b10-7-,11-8-,12-9-,19-16-,20-17-,21-18-,28-25-,29-26-,30-27-,35-33-,36-34-,41-39-,42-40-. The fourth-order valence-corrected chi connectivity index (χ4v) is 11.2. The Morgan fingerprint density at radius 2 is 0.505 bits per heavy atom. The van der Waals surface area contributed by atoms with Gasteiger partial charge in [-0.3, -0.25) is 32.5 Å². The van der Waals surface area contributed by atoms with Crippen molar-refractivity contribution < 1.29 is 75.8 Å². The summed E-state index contributed by atoms with van der Waals surface area (Å²) in [7, 11) is -9.81. The summed E-state index contributed by atoms with van der Waals surface area (Å²) in [6.45, 7) is 2.29. The fourth-order valence-electron chi connectivity index (χ4n) is 9.58. The normalized spacial score (nSPS) is 14.9. The highest BCUT2D eigenvalue weighted by Crippen LogP contribution is 2.45. The highest BCUT2D eigenvalue weighted by molar-refractivity contribution is 7.47. The van der Waals surface area contributed by atoms with Crippen molar-refractivity contribution in [3.05, 3.63) is 158 Å². The summed E-state index contributed by atoms with van der Waals surface area (Å²) in [5, 5.41) is 20.6. The number of carbonyl (C=O) groups is 3. The van der Waals surface area contributed by atoms with Gasteiger partial charge in [0.25, 0.3) is 0 Å². The molecule has 0 aliphatic carbocycles. The van der Waals surface area contributed by atoms with Crippen molar-refractivity contribution in [3.63, 3.8) is 0 Å². The molecule has 0 amide bonds. The summed E-state index contributed by atoms with van der Waals surface area (Å²) in [6.07, 6.45) is 89.9. The second kappa shape index (κ2) is 72.9. The van der Waals surface area contributed by atoms with E-state index in [9.17, 15) is 43.5 Å². The molecule has 0 rings (SSSR count). The van der Waals surface area contributed by atoms with Gasteiger partial charge >= 0.3 is 33.6 Å². The lowest BCUT2D eigenvalue weighted by atomic mass is 10.1. The van der Waals surface area contributed by atoms with E-state index in [4.69, 9.17) is 32.3 Å². The fraction of sp³-hybridized carbons (Fsp3) is 0.642. The zero-order chi connectivity index (χ0) is 72.3. The van der Waals surface area contributed by atoms with E-state index in [1.54, 1.807) is 0 Å². The molecule has 0 saturated carbocycles. The van der Waals surface area contributed by atoms with Gasteiger partial charge in [0, 0.05) is 19.3 Å². The quantitative estimate of drug-likeness (QED) is 0.0146. The van der Waals surface area contributed by atoms with Gasteiger partial charge in [-0.2, -0.15) is 0 Å². The largest absolute Gasteiger partial charge is 0.472 e. The summed E-state index contributed by atoms with van der Waals surface area (Å²) < 4.78 is 61.1. The molecule has 0 heterocycles. The summed E-state index contributed by atoms with van der Waals surface area (Å²) in [5.41, 5.74) is 0. The number of hydrogen-bond donors (Lipinski definition) is 4. The van der Waals surface area contributed by atoms with E-state index in [-0.39, 0.29) is 19.3 Å². The van der Waals surface area contributed by atoms with Gasteiger partial charge in [0.1, 0.15) is 25.4 Å². The smallest absolute Gasteiger partial charge is 0.463 e. The molecule has 0 saturated heterocycles. The lowest BCUT2D eigenvalue weighted by molar-refractivity contribution is -0.161. The van der Waals surface area contributed by atoms with Gasteiger partial charge in [-0.25, -0.2) is 9.13 Å². The molecule has 0 aromatic rings.